The van der Waals surface area contributed by atoms with Gasteiger partial charge in [0.25, 0.3) is 11.8 Å². The molecule has 0 radical (unpaired) electrons. The lowest BCUT2D eigenvalue weighted by molar-refractivity contribution is -0.138. The molecule has 0 saturated carbocycles. The molecule has 4 amide bonds. The van der Waals surface area contributed by atoms with Crippen LogP contribution in [0.2, 0.25) is 0 Å². The summed E-state index contributed by atoms with van der Waals surface area (Å²) in [4.78, 5) is 55.5. The molecular formula is C27H40N4O7. The summed E-state index contributed by atoms with van der Waals surface area (Å²) in [5.41, 5.74) is 0.314. The van der Waals surface area contributed by atoms with E-state index in [9.17, 15) is 24.3 Å². The lowest BCUT2D eigenvalue weighted by Crippen LogP contribution is -2.58. The van der Waals surface area contributed by atoms with Gasteiger partial charge in [0.05, 0.1) is 12.3 Å². The number of hydrogen-bond acceptors (Lipinski definition) is 6. The Kier molecular flexibility index (Phi) is 9.59. The maximum atomic E-state index is 13.9. The first-order chi connectivity index (χ1) is 18.1. The zero-order valence-electron chi connectivity index (χ0n) is 23.0. The number of fused-ring (bicyclic) bond motifs is 1. The van der Waals surface area contributed by atoms with Crippen LogP contribution in [0.4, 0.5) is 10.5 Å². The second-order valence-electron chi connectivity index (χ2n) is 10.1. The summed E-state index contributed by atoms with van der Waals surface area (Å²) in [5.74, 6) is -0.198. The number of likely N-dealkylation sites (tertiary alicyclic amines) is 1. The molecule has 2 aliphatic heterocycles. The van der Waals surface area contributed by atoms with E-state index in [1.165, 1.54) is 12.0 Å². The lowest BCUT2D eigenvalue weighted by atomic mass is 9.97. The minimum Gasteiger partial charge on any atom is -0.473 e. The van der Waals surface area contributed by atoms with Gasteiger partial charge in [-0.25, -0.2) is 4.79 Å². The van der Waals surface area contributed by atoms with Crippen LogP contribution in [0.3, 0.4) is 0 Å². The molecule has 2 N–H and O–H groups in total. The van der Waals surface area contributed by atoms with Gasteiger partial charge in [-0.3, -0.25) is 14.4 Å². The second kappa shape index (κ2) is 12.5. The quantitative estimate of drug-likeness (QED) is 0.474. The Labute approximate surface area is 224 Å². The molecule has 1 aromatic rings. The van der Waals surface area contributed by atoms with Crippen LogP contribution < -0.4 is 15.0 Å². The van der Waals surface area contributed by atoms with Crippen molar-refractivity contribution in [3.8, 4) is 5.75 Å². The first kappa shape index (κ1) is 29.2. The van der Waals surface area contributed by atoms with Gasteiger partial charge in [0.15, 0.2) is 0 Å². The second-order valence-corrected chi connectivity index (χ2v) is 10.1. The summed E-state index contributed by atoms with van der Waals surface area (Å²) < 4.78 is 11.4. The topological polar surface area (TPSA) is 129 Å². The van der Waals surface area contributed by atoms with Gasteiger partial charge in [-0.2, -0.15) is 0 Å². The number of nitrogens with one attached hydrogen (secondary N) is 1. The minimum atomic E-state index is -1.26. The van der Waals surface area contributed by atoms with Gasteiger partial charge < -0.3 is 34.6 Å². The molecule has 2 aliphatic rings. The average Bonchev–Trinajstić information content (AvgIpc) is 2.89. The number of carbonyl (C=O) groups is 4. The molecule has 1 aromatic carbocycles. The molecule has 1 fully saturated rings. The van der Waals surface area contributed by atoms with Crippen LogP contribution in [0.5, 0.6) is 5.75 Å². The molecule has 38 heavy (non-hydrogen) atoms. The predicted octanol–water partition coefficient (Wildman–Crippen LogP) is 2.65. The summed E-state index contributed by atoms with van der Waals surface area (Å²) in [6.07, 6.45) is 1.48. The Morgan fingerprint density at radius 1 is 1.29 bits per heavy atom. The van der Waals surface area contributed by atoms with Gasteiger partial charge in [0, 0.05) is 57.9 Å². The zero-order valence-corrected chi connectivity index (χ0v) is 23.0. The van der Waals surface area contributed by atoms with Crippen LogP contribution in [0.25, 0.3) is 0 Å². The van der Waals surface area contributed by atoms with Crippen molar-refractivity contribution in [1.82, 2.24) is 15.1 Å². The number of nitrogens with zero attached hydrogens (tertiary/aromatic N) is 3. The molecule has 2 heterocycles. The molecule has 11 heteroatoms. The van der Waals surface area contributed by atoms with Gasteiger partial charge in [0.1, 0.15) is 5.75 Å². The van der Waals surface area contributed by atoms with Gasteiger partial charge in [0.2, 0.25) is 11.5 Å². The molecular weight excluding hydrogens is 492 g/mol. The van der Waals surface area contributed by atoms with E-state index in [2.05, 4.69) is 5.32 Å². The number of hydrogen-bond donors (Lipinski definition) is 2. The highest BCUT2D eigenvalue weighted by Crippen LogP contribution is 2.40. The van der Waals surface area contributed by atoms with Gasteiger partial charge in [-0.15, -0.1) is 0 Å². The van der Waals surface area contributed by atoms with Gasteiger partial charge >= 0.3 is 6.09 Å². The fraction of sp³-hybridized carbons (Fsp3) is 0.630. The molecule has 210 valence electrons. The van der Waals surface area contributed by atoms with Crippen LogP contribution in [0.1, 0.15) is 62.4 Å². The molecule has 3 rings (SSSR count). The molecule has 11 nitrogen and oxygen atoms in total. The number of amides is 4. The van der Waals surface area contributed by atoms with Crippen molar-refractivity contribution in [1.29, 1.82) is 0 Å². The Bertz CT molecular complexity index is 1060. The van der Waals surface area contributed by atoms with Gasteiger partial charge in [-0.1, -0.05) is 13.8 Å². The Hall–Kier alpha value is -3.34. The van der Waals surface area contributed by atoms with Crippen molar-refractivity contribution in [2.75, 3.05) is 51.3 Å². The Morgan fingerprint density at radius 2 is 2.03 bits per heavy atom. The molecule has 0 aliphatic carbocycles. The molecule has 0 spiro atoms. The number of piperidine rings is 1. The highest BCUT2D eigenvalue weighted by Gasteiger charge is 2.45. The van der Waals surface area contributed by atoms with E-state index in [4.69, 9.17) is 9.47 Å². The lowest BCUT2D eigenvalue weighted by Gasteiger charge is -2.41. The van der Waals surface area contributed by atoms with Crippen molar-refractivity contribution in [3.05, 3.63) is 23.3 Å². The number of rotatable bonds is 10. The van der Waals surface area contributed by atoms with Crippen LogP contribution in [0.15, 0.2) is 12.1 Å². The molecule has 1 unspecified atom stereocenters. The van der Waals surface area contributed by atoms with Gasteiger partial charge in [-0.05, 0) is 50.8 Å². The maximum Gasteiger partial charge on any atom is 0.407 e. The normalized spacial score (nSPS) is 21.0. The van der Waals surface area contributed by atoms with E-state index in [0.29, 0.717) is 48.5 Å². The highest BCUT2D eigenvalue weighted by atomic mass is 16.5. The molecule has 0 bridgehead atoms. The van der Waals surface area contributed by atoms with E-state index in [0.717, 1.165) is 12.8 Å². The average molecular weight is 533 g/mol. The summed E-state index contributed by atoms with van der Waals surface area (Å²) in [5, 5.41) is 12.3. The SMILES string of the molecule is CCCN(C(=O)c1cc2c(cc1C)OC(C)(COC)C(=O)N2CCNC(=O)CC)[C@@H]1CCCN(C(=O)O)C1. The smallest absolute Gasteiger partial charge is 0.407 e. The summed E-state index contributed by atoms with van der Waals surface area (Å²) in [7, 11) is 1.50. The van der Waals surface area contributed by atoms with Crippen molar-refractivity contribution in [2.24, 2.45) is 0 Å². The number of aryl methyl sites for hydroxylation is 1. The number of ether oxygens (including phenoxy) is 2. The number of carbonyl (C=O) groups excluding carboxylic acids is 3. The Morgan fingerprint density at radius 3 is 2.66 bits per heavy atom. The van der Waals surface area contributed by atoms with Crippen LogP contribution in [-0.4, -0.2) is 96.8 Å². The first-order valence-corrected chi connectivity index (χ1v) is 13.3. The highest BCUT2D eigenvalue weighted by molar-refractivity contribution is 6.05. The minimum absolute atomic E-state index is 0.0366. The largest absolute Gasteiger partial charge is 0.473 e. The third-order valence-electron chi connectivity index (χ3n) is 7.09. The summed E-state index contributed by atoms with van der Waals surface area (Å²) >= 11 is 0. The van der Waals surface area contributed by atoms with Crippen molar-refractivity contribution < 1.29 is 33.8 Å². The van der Waals surface area contributed by atoms with Crippen molar-refractivity contribution in [2.45, 2.75) is 65.0 Å². The fourth-order valence-electron chi connectivity index (χ4n) is 5.12. The van der Waals surface area contributed by atoms with Crippen molar-refractivity contribution >= 4 is 29.5 Å². The zero-order chi connectivity index (χ0) is 28.0. The van der Waals surface area contributed by atoms with E-state index in [1.54, 1.807) is 35.8 Å². The van der Waals surface area contributed by atoms with E-state index in [-0.39, 0.29) is 50.0 Å². The Balaban J connectivity index is 1.98. The van der Waals surface area contributed by atoms with E-state index < -0.39 is 11.7 Å². The maximum absolute atomic E-state index is 13.9. The molecule has 1 saturated heterocycles. The van der Waals surface area contributed by atoms with Crippen LogP contribution in [0, 0.1) is 6.92 Å². The molecule has 0 aromatic heterocycles. The van der Waals surface area contributed by atoms with E-state index in [1.807, 2.05) is 13.8 Å². The van der Waals surface area contributed by atoms with E-state index >= 15 is 0 Å². The number of anilines is 1. The predicted molar refractivity (Wildman–Crippen MR) is 142 cm³/mol. The third kappa shape index (κ3) is 6.20. The number of carboxylic acid groups (broad SMARTS) is 1. The van der Waals surface area contributed by atoms with Crippen LogP contribution in [-0.2, 0) is 14.3 Å². The monoisotopic (exact) mass is 532 g/mol. The standard InChI is InChI=1S/C27H40N4O7/c1-6-11-30(19-9-8-12-29(16-19)26(35)36)24(33)20-15-21-22(14-18(20)3)38-27(4,17-37-5)25(34)31(21)13-10-28-23(32)7-2/h14-15,19H,6-13,16-17H2,1-5H3,(H,28,32)(H,35,36)/t19-,27?/m1/s1. The third-order valence-corrected chi connectivity index (χ3v) is 7.09. The first-order valence-electron chi connectivity index (χ1n) is 13.3. The van der Waals surface area contributed by atoms with Crippen molar-refractivity contribution in [3.63, 3.8) is 0 Å². The summed E-state index contributed by atoms with van der Waals surface area (Å²) in [6, 6.07) is 3.21. The van der Waals surface area contributed by atoms with Crippen LogP contribution >= 0.6 is 0 Å². The number of methoxy groups -OCH3 is 1. The molecule has 2 atom stereocenters. The number of benzene rings is 1. The summed E-state index contributed by atoms with van der Waals surface area (Å²) in [6.45, 7) is 8.91. The fourth-order valence-corrected chi connectivity index (χ4v) is 5.12.